The van der Waals surface area contributed by atoms with Crippen molar-refractivity contribution in [2.45, 2.75) is 89.6 Å². The molecule has 2 unspecified atom stereocenters. The zero-order valence-electron chi connectivity index (χ0n) is 20.6. The first-order valence-electron chi connectivity index (χ1n) is 12.9. The lowest BCUT2D eigenvalue weighted by atomic mass is 9.75. The van der Waals surface area contributed by atoms with Crippen LogP contribution in [0.25, 0.3) is 0 Å². The predicted octanol–water partition coefficient (Wildman–Crippen LogP) is 8.01. The second-order valence-electron chi connectivity index (χ2n) is 10.1. The van der Waals surface area contributed by atoms with E-state index in [0.717, 1.165) is 37.7 Å². The molecule has 1 aliphatic carbocycles. The summed E-state index contributed by atoms with van der Waals surface area (Å²) < 4.78 is 54.7. The van der Waals surface area contributed by atoms with Crippen LogP contribution in [0.1, 0.15) is 98.8 Å². The minimum atomic E-state index is -2.86. The zero-order valence-corrected chi connectivity index (χ0v) is 20.6. The summed E-state index contributed by atoms with van der Waals surface area (Å²) in [6, 6.07) is 10.5. The van der Waals surface area contributed by atoms with E-state index < -0.39 is 29.9 Å². The monoisotopic (exact) mass is 488 g/mol. The molecule has 2 aromatic rings. The number of rotatable bonds is 7. The van der Waals surface area contributed by atoms with Crippen LogP contribution in [0.5, 0.6) is 5.75 Å². The number of hydrogen-bond acceptors (Lipinski definition) is 3. The summed E-state index contributed by atoms with van der Waals surface area (Å²) in [6.07, 6.45) is 3.21. The van der Waals surface area contributed by atoms with Gasteiger partial charge in [-0.25, -0.2) is 18.0 Å². The predicted molar refractivity (Wildman–Crippen MR) is 129 cm³/mol. The van der Waals surface area contributed by atoms with Crippen LogP contribution in [-0.4, -0.2) is 18.7 Å². The maximum atomic E-state index is 15.5. The van der Waals surface area contributed by atoms with Gasteiger partial charge in [0, 0.05) is 5.92 Å². The van der Waals surface area contributed by atoms with E-state index in [2.05, 4.69) is 6.92 Å². The van der Waals surface area contributed by atoms with Gasteiger partial charge >= 0.3 is 5.97 Å². The molecule has 0 bridgehead atoms. The SMILES string of the molecule is CCCC1CCC(c2ccc(C3CCC(C(=O)Oc4ccc(C)cc4)OC3)c(F)c2C(F)F)CC1. The van der Waals surface area contributed by atoms with Gasteiger partial charge in [-0.15, -0.1) is 0 Å². The van der Waals surface area contributed by atoms with E-state index in [-0.39, 0.29) is 24.0 Å². The Morgan fingerprint density at radius 3 is 2.23 bits per heavy atom. The molecule has 2 aliphatic rings. The molecule has 190 valence electrons. The molecule has 6 heteroatoms. The average Bonchev–Trinajstić information content (AvgIpc) is 2.86. The Morgan fingerprint density at radius 2 is 1.63 bits per heavy atom. The summed E-state index contributed by atoms with van der Waals surface area (Å²) in [7, 11) is 0. The molecule has 0 spiro atoms. The highest BCUT2D eigenvalue weighted by Gasteiger charge is 2.34. The molecule has 1 aliphatic heterocycles. The molecule has 0 radical (unpaired) electrons. The van der Waals surface area contributed by atoms with E-state index in [1.54, 1.807) is 24.3 Å². The Kier molecular flexibility index (Phi) is 8.53. The number of esters is 1. The normalized spacial score (nSPS) is 25.0. The number of benzene rings is 2. The van der Waals surface area contributed by atoms with Gasteiger partial charge in [-0.05, 0) is 80.5 Å². The third kappa shape index (κ3) is 6.08. The van der Waals surface area contributed by atoms with Crippen LogP contribution < -0.4 is 4.74 Å². The van der Waals surface area contributed by atoms with Crippen molar-refractivity contribution in [2.24, 2.45) is 5.92 Å². The van der Waals surface area contributed by atoms with Crippen LogP contribution in [-0.2, 0) is 9.53 Å². The van der Waals surface area contributed by atoms with Gasteiger partial charge in [0.25, 0.3) is 6.43 Å². The third-order valence-corrected chi connectivity index (χ3v) is 7.66. The Balaban J connectivity index is 1.42. The van der Waals surface area contributed by atoms with Gasteiger partial charge in [-0.2, -0.15) is 0 Å². The Bertz CT molecular complexity index is 989. The van der Waals surface area contributed by atoms with Crippen LogP contribution in [0.3, 0.4) is 0 Å². The summed E-state index contributed by atoms with van der Waals surface area (Å²) in [5.41, 5.74) is 1.34. The van der Waals surface area contributed by atoms with Crippen molar-refractivity contribution in [3.05, 3.63) is 64.5 Å². The van der Waals surface area contributed by atoms with Crippen LogP contribution in [0.15, 0.2) is 36.4 Å². The number of alkyl halides is 2. The number of aryl methyl sites for hydroxylation is 1. The molecule has 1 saturated carbocycles. The average molecular weight is 489 g/mol. The minimum Gasteiger partial charge on any atom is -0.425 e. The van der Waals surface area contributed by atoms with Gasteiger partial charge in [0.1, 0.15) is 11.6 Å². The highest BCUT2D eigenvalue weighted by atomic mass is 19.3. The van der Waals surface area contributed by atoms with Crippen molar-refractivity contribution >= 4 is 5.97 Å². The van der Waals surface area contributed by atoms with E-state index >= 15 is 4.39 Å². The first-order valence-corrected chi connectivity index (χ1v) is 12.9. The number of carbonyl (C=O) groups is 1. The summed E-state index contributed by atoms with van der Waals surface area (Å²) in [5, 5.41) is 0. The van der Waals surface area contributed by atoms with E-state index in [1.165, 1.54) is 6.42 Å². The lowest BCUT2D eigenvalue weighted by molar-refractivity contribution is -0.150. The van der Waals surface area contributed by atoms with Crippen molar-refractivity contribution in [1.82, 2.24) is 0 Å². The molecule has 1 saturated heterocycles. The molecule has 35 heavy (non-hydrogen) atoms. The fraction of sp³-hybridized carbons (Fsp3) is 0.552. The highest BCUT2D eigenvalue weighted by Crippen LogP contribution is 2.43. The van der Waals surface area contributed by atoms with Gasteiger partial charge in [0.15, 0.2) is 6.10 Å². The first kappa shape index (κ1) is 25.7. The molecular formula is C29H35F3O3. The Labute approximate surface area is 206 Å². The molecule has 1 heterocycles. The molecule has 2 aromatic carbocycles. The Morgan fingerprint density at radius 1 is 0.971 bits per heavy atom. The number of ether oxygens (including phenoxy) is 2. The number of hydrogen-bond donors (Lipinski definition) is 0. The van der Waals surface area contributed by atoms with E-state index in [0.29, 0.717) is 30.1 Å². The molecule has 0 N–H and O–H groups in total. The van der Waals surface area contributed by atoms with Gasteiger partial charge in [0.05, 0.1) is 12.2 Å². The summed E-state index contributed by atoms with van der Waals surface area (Å²) in [6.45, 7) is 4.20. The fourth-order valence-corrected chi connectivity index (χ4v) is 5.66. The molecule has 3 nitrogen and oxygen atoms in total. The quantitative estimate of drug-likeness (QED) is 0.292. The van der Waals surface area contributed by atoms with E-state index in [4.69, 9.17) is 9.47 Å². The van der Waals surface area contributed by atoms with Crippen molar-refractivity contribution in [3.63, 3.8) is 0 Å². The maximum absolute atomic E-state index is 15.5. The largest absolute Gasteiger partial charge is 0.425 e. The lowest BCUT2D eigenvalue weighted by Crippen LogP contribution is -2.34. The lowest BCUT2D eigenvalue weighted by Gasteiger charge is -2.32. The highest BCUT2D eigenvalue weighted by molar-refractivity contribution is 5.77. The van der Waals surface area contributed by atoms with Crippen LogP contribution in [0, 0.1) is 18.7 Å². The Hall–Kier alpha value is -2.34. The first-order chi connectivity index (χ1) is 16.9. The molecule has 2 fully saturated rings. The standard InChI is InChI=1S/C29H35F3O3/c1-3-4-19-7-9-20(10-8-19)23-14-15-24(27(30)26(23)28(31)32)21-11-16-25(34-17-21)29(33)35-22-12-5-18(2)6-13-22/h5-6,12-15,19-21,25,28H,3-4,7-11,16-17H2,1-2H3. The van der Waals surface area contributed by atoms with Gasteiger partial charge in [-0.1, -0.05) is 49.6 Å². The molecule has 2 atom stereocenters. The second-order valence-corrected chi connectivity index (χ2v) is 10.1. The smallest absolute Gasteiger partial charge is 0.340 e. The van der Waals surface area contributed by atoms with Crippen LogP contribution in [0.2, 0.25) is 0 Å². The second kappa shape index (κ2) is 11.6. The van der Waals surface area contributed by atoms with Crippen molar-refractivity contribution < 1.29 is 27.4 Å². The molecule has 0 aromatic heterocycles. The van der Waals surface area contributed by atoms with Crippen molar-refractivity contribution in [1.29, 1.82) is 0 Å². The summed E-state index contributed by atoms with van der Waals surface area (Å²) >= 11 is 0. The third-order valence-electron chi connectivity index (χ3n) is 7.66. The molecule has 0 amide bonds. The van der Waals surface area contributed by atoms with E-state index in [1.807, 2.05) is 19.1 Å². The number of halogens is 3. The van der Waals surface area contributed by atoms with Gasteiger partial charge in [-0.3, -0.25) is 0 Å². The topological polar surface area (TPSA) is 35.5 Å². The minimum absolute atomic E-state index is 0.0146. The van der Waals surface area contributed by atoms with Crippen molar-refractivity contribution in [3.8, 4) is 5.75 Å². The zero-order chi connectivity index (χ0) is 24.9. The van der Waals surface area contributed by atoms with Crippen LogP contribution >= 0.6 is 0 Å². The molecule has 4 rings (SSSR count). The molecular weight excluding hydrogens is 453 g/mol. The summed E-state index contributed by atoms with van der Waals surface area (Å²) in [4.78, 5) is 12.5. The van der Waals surface area contributed by atoms with Crippen molar-refractivity contribution in [2.75, 3.05) is 6.61 Å². The van der Waals surface area contributed by atoms with Crippen LogP contribution in [0.4, 0.5) is 13.2 Å². The van der Waals surface area contributed by atoms with E-state index in [9.17, 15) is 13.6 Å². The van der Waals surface area contributed by atoms with Gasteiger partial charge in [0.2, 0.25) is 0 Å². The summed E-state index contributed by atoms with van der Waals surface area (Å²) in [5.74, 6) is -0.583. The fourth-order valence-electron chi connectivity index (χ4n) is 5.66. The van der Waals surface area contributed by atoms with Gasteiger partial charge < -0.3 is 9.47 Å². The number of carbonyl (C=O) groups excluding carboxylic acids is 1. The maximum Gasteiger partial charge on any atom is 0.340 e.